The van der Waals surface area contributed by atoms with Gasteiger partial charge in [-0.05, 0) is 27.2 Å². The summed E-state index contributed by atoms with van der Waals surface area (Å²) in [5, 5.41) is 0. The molecule has 0 aliphatic heterocycles. The van der Waals surface area contributed by atoms with Gasteiger partial charge in [0, 0.05) is 0 Å². The highest BCUT2D eigenvalue weighted by Crippen LogP contribution is 2.35. The van der Waals surface area contributed by atoms with Crippen LogP contribution in [0.15, 0.2) is 0 Å². The Balaban J connectivity index is 0. The first-order chi connectivity index (χ1) is 7.24. The Hall–Kier alpha value is 0.0700. The quantitative estimate of drug-likeness (QED) is 0.563. The average molecular weight is 256 g/mol. The monoisotopic (exact) mass is 256 g/mol. The molecule has 0 heterocycles. The molecule has 0 aliphatic carbocycles. The van der Waals surface area contributed by atoms with Gasteiger partial charge in [-0.3, -0.25) is 4.52 Å². The molecule has 0 aromatic rings. The number of hydrogen-bond acceptors (Lipinski definition) is 2. The van der Waals surface area contributed by atoms with E-state index < -0.39 is 7.82 Å². The minimum Gasteiger partial charge on any atom is -0.327 e. The summed E-state index contributed by atoms with van der Waals surface area (Å²) in [6.07, 6.45) is 0.616. The molecular weight excluding hydrogens is 229 g/mol. The zero-order valence-electron chi connectivity index (χ0n) is 11.1. The first kappa shape index (κ1) is 18.4. The van der Waals surface area contributed by atoms with E-state index in [1.54, 1.807) is 6.92 Å². The average Bonchev–Trinajstić information content (AvgIpc) is 2.25. The van der Waals surface area contributed by atoms with Gasteiger partial charge < -0.3 is 14.3 Å². The third-order valence-electron chi connectivity index (χ3n) is 2.75. The molecule has 0 aromatic carbocycles. The third kappa shape index (κ3) is 12.1. The molecule has 0 saturated carbocycles. The smallest absolute Gasteiger partial charge is 0.327 e. The molecule has 100 valence electrons. The lowest BCUT2D eigenvalue weighted by atomic mass is 10.4. The van der Waals surface area contributed by atoms with Crippen LogP contribution in [0.5, 0.6) is 0 Å². The van der Waals surface area contributed by atoms with E-state index in [0.717, 1.165) is 0 Å². The maximum absolute atomic E-state index is 9.86. The van der Waals surface area contributed by atoms with E-state index in [2.05, 4.69) is 32.3 Å². The normalized spacial score (nSPS) is 11.9. The molecule has 0 spiro atoms. The van der Waals surface area contributed by atoms with Crippen LogP contribution in [0.2, 0.25) is 0 Å². The van der Waals surface area contributed by atoms with Crippen molar-refractivity contribution in [3.63, 3.8) is 0 Å². The summed E-state index contributed by atoms with van der Waals surface area (Å²) in [4.78, 5) is 16.1. The van der Waals surface area contributed by atoms with Gasteiger partial charge in [0.25, 0.3) is 0 Å². The maximum atomic E-state index is 9.86. The first-order valence-corrected chi connectivity index (χ1v) is 7.31. The van der Waals surface area contributed by atoms with Gasteiger partial charge in [-0.2, -0.15) is 0 Å². The molecule has 0 amide bonds. The summed E-state index contributed by atoms with van der Waals surface area (Å²) >= 11 is 0. The Kier molecular flexibility index (Phi) is 10.5. The molecule has 0 unspecified atom stereocenters. The van der Waals surface area contributed by atoms with Crippen LogP contribution in [0, 0.1) is 0 Å². The number of rotatable bonds is 6. The van der Waals surface area contributed by atoms with Gasteiger partial charge in [0.15, 0.2) is 0 Å². The summed E-state index contributed by atoms with van der Waals surface area (Å²) in [5.41, 5.74) is 0. The Labute approximate surface area is 99.3 Å². The van der Waals surface area contributed by atoms with Crippen molar-refractivity contribution in [3.05, 3.63) is 0 Å². The highest BCUT2D eigenvalue weighted by molar-refractivity contribution is 7.46. The second kappa shape index (κ2) is 9.14. The van der Waals surface area contributed by atoms with Crippen LogP contribution in [0.1, 0.15) is 34.1 Å². The predicted octanol–water partition coefficient (Wildman–Crippen LogP) is 2.00. The minimum atomic E-state index is -4.18. The molecular formula is C10H27NO4P+. The van der Waals surface area contributed by atoms with E-state index in [-0.39, 0.29) is 6.61 Å². The molecule has 0 saturated heterocycles. The first-order valence-electron chi connectivity index (χ1n) is 5.78. The second-order valence-corrected chi connectivity index (χ2v) is 5.13. The summed E-state index contributed by atoms with van der Waals surface area (Å²) in [5.74, 6) is 0. The van der Waals surface area contributed by atoms with Gasteiger partial charge in [-0.15, -0.1) is 0 Å². The van der Waals surface area contributed by atoms with E-state index in [4.69, 9.17) is 9.79 Å². The van der Waals surface area contributed by atoms with Gasteiger partial charge in [0.1, 0.15) is 0 Å². The molecule has 0 aromatic heterocycles. The minimum absolute atomic E-state index is 0.115. The van der Waals surface area contributed by atoms with Crippen molar-refractivity contribution in [1.29, 1.82) is 0 Å². The Bertz CT molecular complexity index is 193. The van der Waals surface area contributed by atoms with Crippen molar-refractivity contribution >= 4 is 7.82 Å². The van der Waals surface area contributed by atoms with Crippen molar-refractivity contribution in [2.45, 2.75) is 34.1 Å². The van der Waals surface area contributed by atoms with Gasteiger partial charge in [0.05, 0.1) is 33.3 Å². The van der Waals surface area contributed by atoms with E-state index in [1.807, 2.05) is 0 Å². The number of hydrogen-bond donors (Lipinski definition) is 2. The Morgan fingerprint density at radius 1 is 1.06 bits per heavy atom. The molecule has 16 heavy (non-hydrogen) atoms. The fourth-order valence-corrected chi connectivity index (χ4v) is 1.30. The Morgan fingerprint density at radius 2 is 1.44 bits per heavy atom. The van der Waals surface area contributed by atoms with E-state index in [9.17, 15) is 4.57 Å². The van der Waals surface area contributed by atoms with Crippen molar-refractivity contribution in [3.8, 4) is 0 Å². The van der Waals surface area contributed by atoms with E-state index in [1.165, 1.54) is 24.1 Å². The van der Waals surface area contributed by atoms with Crippen LogP contribution in [0.3, 0.4) is 0 Å². The molecule has 6 heteroatoms. The van der Waals surface area contributed by atoms with Crippen LogP contribution in [0.25, 0.3) is 0 Å². The number of phosphoric ester groups is 1. The van der Waals surface area contributed by atoms with Gasteiger partial charge in [-0.25, -0.2) is 4.57 Å². The van der Waals surface area contributed by atoms with Crippen LogP contribution < -0.4 is 0 Å². The van der Waals surface area contributed by atoms with Crippen LogP contribution in [0.4, 0.5) is 0 Å². The fraction of sp³-hybridized carbons (Fsp3) is 1.00. The number of quaternary nitrogens is 1. The highest BCUT2D eigenvalue weighted by Gasteiger charge is 2.11. The lowest BCUT2D eigenvalue weighted by molar-refractivity contribution is -0.904. The molecule has 0 rings (SSSR count). The standard InChI is InChI=1S/C7H18N.C3H9O4P/c1-5-8(4,6-2)7-3;1-2-3-7-8(4,5)6/h5-7H2,1-4H3;2-3H2,1H3,(H2,4,5,6)/q+1;. The zero-order valence-corrected chi connectivity index (χ0v) is 12.0. The summed E-state index contributed by atoms with van der Waals surface area (Å²) in [7, 11) is -1.89. The number of phosphoric acid groups is 1. The summed E-state index contributed by atoms with van der Waals surface area (Å²) < 4.78 is 15.1. The van der Waals surface area contributed by atoms with Crippen molar-refractivity contribution in [2.24, 2.45) is 0 Å². The van der Waals surface area contributed by atoms with Gasteiger partial charge in [-0.1, -0.05) is 6.92 Å². The molecule has 0 fully saturated rings. The molecule has 0 bridgehead atoms. The van der Waals surface area contributed by atoms with Gasteiger partial charge >= 0.3 is 7.82 Å². The van der Waals surface area contributed by atoms with Gasteiger partial charge in [0.2, 0.25) is 0 Å². The van der Waals surface area contributed by atoms with Crippen LogP contribution in [-0.2, 0) is 9.09 Å². The van der Waals surface area contributed by atoms with E-state index >= 15 is 0 Å². The maximum Gasteiger partial charge on any atom is 0.469 e. The molecule has 5 nitrogen and oxygen atoms in total. The third-order valence-corrected chi connectivity index (χ3v) is 3.27. The molecule has 0 radical (unpaired) electrons. The SMILES string of the molecule is CCCOP(=O)(O)O.CC[N+](C)(CC)CC. The van der Waals surface area contributed by atoms with Crippen molar-refractivity contribution < 1.29 is 23.4 Å². The largest absolute Gasteiger partial charge is 0.469 e. The highest BCUT2D eigenvalue weighted by atomic mass is 31.2. The second-order valence-electron chi connectivity index (χ2n) is 3.89. The van der Waals surface area contributed by atoms with Crippen LogP contribution >= 0.6 is 7.82 Å². The molecule has 0 atom stereocenters. The number of nitrogens with zero attached hydrogens (tertiary/aromatic N) is 1. The van der Waals surface area contributed by atoms with Crippen LogP contribution in [-0.4, -0.2) is 47.6 Å². The lowest BCUT2D eigenvalue weighted by Gasteiger charge is -2.30. The molecule has 2 N–H and O–H groups in total. The predicted molar refractivity (Wildman–Crippen MR) is 66.1 cm³/mol. The lowest BCUT2D eigenvalue weighted by Crippen LogP contribution is -2.42. The Morgan fingerprint density at radius 3 is 1.50 bits per heavy atom. The topological polar surface area (TPSA) is 66.8 Å². The van der Waals surface area contributed by atoms with Crippen molar-refractivity contribution in [1.82, 2.24) is 0 Å². The summed E-state index contributed by atoms with van der Waals surface area (Å²) in [6.45, 7) is 12.4. The zero-order chi connectivity index (χ0) is 13.2. The van der Waals surface area contributed by atoms with Crippen molar-refractivity contribution in [2.75, 3.05) is 33.3 Å². The van der Waals surface area contributed by atoms with E-state index in [0.29, 0.717) is 6.42 Å². The molecule has 0 aliphatic rings. The fourth-order valence-electron chi connectivity index (χ4n) is 0.881. The summed E-state index contributed by atoms with van der Waals surface area (Å²) in [6, 6.07) is 0.